The zero-order valence-corrected chi connectivity index (χ0v) is 17.1. The van der Waals surface area contributed by atoms with Crippen LogP contribution in [0.15, 0.2) is 24.3 Å². The lowest BCUT2D eigenvalue weighted by Gasteiger charge is -2.28. The molecule has 1 saturated heterocycles. The molecule has 27 heavy (non-hydrogen) atoms. The average Bonchev–Trinajstić information content (AvgIpc) is 3.23. The third kappa shape index (κ3) is 2.89. The number of alkyl halides is 2. The summed E-state index contributed by atoms with van der Waals surface area (Å²) < 4.78 is 0. The number of hydrogen-bond acceptors (Lipinski definition) is 5. The number of nitrogens with zero attached hydrogens (tertiary/aromatic N) is 2. The van der Waals surface area contributed by atoms with Gasteiger partial charge >= 0.3 is 0 Å². The standard InChI is InChI=1S/C17H15Br2N3O5/c18-14-9-5-10(15(14)19)13-12(9)16(24)21(17(13)25)6-11(23)20-7-1-3-8(4-2-7)22(26)27/h1-4,9-10,12-15H,5-6H2,(H,20,23)/t9-,10-,12-,13-,14-,15+/m1/s1. The number of benzene rings is 1. The average molecular weight is 501 g/mol. The van der Waals surface area contributed by atoms with Crippen molar-refractivity contribution in [3.05, 3.63) is 34.4 Å². The van der Waals surface area contributed by atoms with Gasteiger partial charge in [0.1, 0.15) is 6.54 Å². The van der Waals surface area contributed by atoms with Gasteiger partial charge in [-0.15, -0.1) is 0 Å². The number of likely N-dealkylation sites (tertiary alicyclic amines) is 1. The normalized spacial score (nSPS) is 34.1. The summed E-state index contributed by atoms with van der Waals surface area (Å²) in [5, 5.41) is 13.2. The van der Waals surface area contributed by atoms with Gasteiger partial charge in [0, 0.05) is 27.5 Å². The highest BCUT2D eigenvalue weighted by Crippen LogP contribution is 2.60. The van der Waals surface area contributed by atoms with E-state index in [-0.39, 0.29) is 57.4 Å². The van der Waals surface area contributed by atoms with E-state index in [0.717, 1.165) is 11.3 Å². The lowest BCUT2D eigenvalue weighted by Crippen LogP contribution is -2.39. The summed E-state index contributed by atoms with van der Waals surface area (Å²) in [5.74, 6) is -1.57. The first-order valence-electron chi connectivity index (χ1n) is 8.47. The molecular formula is C17H15Br2N3O5. The fourth-order valence-corrected chi connectivity index (χ4v) is 6.45. The molecule has 0 radical (unpaired) electrons. The molecule has 8 nitrogen and oxygen atoms in total. The summed E-state index contributed by atoms with van der Waals surface area (Å²) in [6, 6.07) is 5.36. The molecule has 0 unspecified atom stereocenters. The maximum Gasteiger partial charge on any atom is 0.269 e. The van der Waals surface area contributed by atoms with Crippen molar-refractivity contribution in [3.63, 3.8) is 0 Å². The van der Waals surface area contributed by atoms with Crippen LogP contribution < -0.4 is 5.32 Å². The van der Waals surface area contributed by atoms with Crippen molar-refractivity contribution < 1.29 is 19.3 Å². The van der Waals surface area contributed by atoms with Crippen molar-refractivity contribution >= 4 is 61.0 Å². The molecule has 2 bridgehead atoms. The van der Waals surface area contributed by atoms with Crippen molar-refractivity contribution in [3.8, 4) is 0 Å². The van der Waals surface area contributed by atoms with E-state index in [4.69, 9.17) is 0 Å². The zero-order chi connectivity index (χ0) is 19.5. The van der Waals surface area contributed by atoms with Gasteiger partial charge in [-0.05, 0) is 30.4 Å². The van der Waals surface area contributed by atoms with Crippen LogP contribution in [0.4, 0.5) is 11.4 Å². The largest absolute Gasteiger partial charge is 0.325 e. The first-order chi connectivity index (χ1) is 12.8. The summed E-state index contributed by atoms with van der Waals surface area (Å²) in [4.78, 5) is 49.3. The monoisotopic (exact) mass is 499 g/mol. The zero-order valence-electron chi connectivity index (χ0n) is 13.9. The Labute approximate surface area is 171 Å². The van der Waals surface area contributed by atoms with Crippen LogP contribution in [0.3, 0.4) is 0 Å². The molecule has 3 amide bonds. The number of fused-ring (bicyclic) bond motifs is 5. The number of rotatable bonds is 4. The van der Waals surface area contributed by atoms with Crippen LogP contribution >= 0.6 is 31.9 Å². The number of hydrogen-bond donors (Lipinski definition) is 1. The fraction of sp³-hybridized carbons (Fsp3) is 0.471. The number of carbonyl (C=O) groups is 3. The van der Waals surface area contributed by atoms with Crippen LogP contribution in [0.1, 0.15) is 6.42 Å². The third-order valence-electron chi connectivity index (χ3n) is 5.74. The molecule has 1 aliphatic heterocycles. The Morgan fingerprint density at radius 3 is 2.11 bits per heavy atom. The Hall–Kier alpha value is -1.81. The lowest BCUT2D eigenvalue weighted by molar-refractivity contribution is -0.384. The maximum atomic E-state index is 12.8. The number of imide groups is 1. The van der Waals surface area contributed by atoms with Crippen LogP contribution in [-0.4, -0.2) is 43.7 Å². The van der Waals surface area contributed by atoms with Gasteiger partial charge in [0.05, 0.1) is 16.8 Å². The van der Waals surface area contributed by atoms with Crippen molar-refractivity contribution in [2.24, 2.45) is 23.7 Å². The second-order valence-electron chi connectivity index (χ2n) is 7.12. The van der Waals surface area contributed by atoms with E-state index < -0.39 is 10.8 Å². The van der Waals surface area contributed by atoms with Crippen molar-refractivity contribution in [2.45, 2.75) is 16.1 Å². The van der Waals surface area contributed by atoms with E-state index in [1.165, 1.54) is 24.3 Å². The molecule has 2 aliphatic carbocycles. The molecule has 0 aromatic heterocycles. The van der Waals surface area contributed by atoms with Crippen LogP contribution in [0, 0.1) is 33.8 Å². The summed E-state index contributed by atoms with van der Waals surface area (Å²) >= 11 is 7.24. The topological polar surface area (TPSA) is 110 Å². The quantitative estimate of drug-likeness (QED) is 0.295. The molecule has 3 fully saturated rings. The van der Waals surface area contributed by atoms with Gasteiger partial charge in [-0.2, -0.15) is 0 Å². The van der Waals surface area contributed by atoms with E-state index in [1.54, 1.807) is 0 Å². The number of anilines is 1. The van der Waals surface area contributed by atoms with Crippen LogP contribution in [0.5, 0.6) is 0 Å². The summed E-state index contributed by atoms with van der Waals surface area (Å²) in [7, 11) is 0. The molecule has 3 aliphatic rings. The van der Waals surface area contributed by atoms with Crippen LogP contribution in [0.2, 0.25) is 0 Å². The Bertz CT molecular complexity index is 813. The highest BCUT2D eigenvalue weighted by atomic mass is 79.9. The molecule has 10 heteroatoms. The SMILES string of the molecule is O=C(CN1C(=O)[C@@H]2[C@H]3C[C@@H]([C@@H](Br)[C@H]3Br)[C@H]2C1=O)Nc1ccc([N+](=O)[O-])cc1. The van der Waals surface area contributed by atoms with Crippen LogP contribution in [-0.2, 0) is 14.4 Å². The van der Waals surface area contributed by atoms with E-state index in [0.29, 0.717) is 5.69 Å². The summed E-state index contributed by atoms with van der Waals surface area (Å²) in [6.45, 7) is -0.346. The van der Waals surface area contributed by atoms with Gasteiger partial charge < -0.3 is 5.32 Å². The Morgan fingerprint density at radius 2 is 1.63 bits per heavy atom. The molecule has 1 heterocycles. The minimum atomic E-state index is -0.533. The van der Waals surface area contributed by atoms with Gasteiger partial charge in [0.15, 0.2) is 0 Å². The molecule has 1 N–H and O–H groups in total. The van der Waals surface area contributed by atoms with Gasteiger partial charge in [-0.3, -0.25) is 29.4 Å². The van der Waals surface area contributed by atoms with E-state index >= 15 is 0 Å². The highest BCUT2D eigenvalue weighted by molar-refractivity contribution is 9.12. The predicted octanol–water partition coefficient (Wildman–Crippen LogP) is 2.31. The van der Waals surface area contributed by atoms with Crippen molar-refractivity contribution in [1.82, 2.24) is 4.90 Å². The summed E-state index contributed by atoms with van der Waals surface area (Å²) in [6.07, 6.45) is 0.835. The smallest absolute Gasteiger partial charge is 0.269 e. The number of nitro groups is 1. The van der Waals surface area contributed by atoms with Gasteiger partial charge in [0.2, 0.25) is 17.7 Å². The van der Waals surface area contributed by atoms with Gasteiger partial charge in [-0.1, -0.05) is 31.9 Å². The van der Waals surface area contributed by atoms with E-state index in [1.807, 2.05) is 0 Å². The number of nitrogens with one attached hydrogen (secondary N) is 1. The number of amides is 3. The third-order valence-corrected chi connectivity index (χ3v) is 8.95. The number of nitro benzene ring substituents is 1. The molecule has 1 aromatic carbocycles. The Kier molecular flexibility index (Phi) is 4.58. The van der Waals surface area contributed by atoms with E-state index in [9.17, 15) is 24.5 Å². The van der Waals surface area contributed by atoms with Crippen molar-refractivity contribution in [2.75, 3.05) is 11.9 Å². The minimum absolute atomic E-state index is 0.0881. The molecule has 1 aromatic rings. The number of carbonyl (C=O) groups excluding carboxylic acids is 3. The number of halogens is 2. The second kappa shape index (κ2) is 6.66. The van der Waals surface area contributed by atoms with Crippen LogP contribution in [0.25, 0.3) is 0 Å². The second-order valence-corrected chi connectivity index (χ2v) is 9.23. The fourth-order valence-electron chi connectivity index (χ4n) is 4.58. The number of non-ortho nitro benzene ring substituents is 1. The molecule has 0 spiro atoms. The lowest BCUT2D eigenvalue weighted by atomic mass is 9.81. The molecule has 142 valence electrons. The van der Waals surface area contributed by atoms with Crippen molar-refractivity contribution in [1.29, 1.82) is 0 Å². The predicted molar refractivity (Wildman–Crippen MR) is 102 cm³/mol. The highest BCUT2D eigenvalue weighted by Gasteiger charge is 2.66. The molecule has 4 rings (SSSR count). The van der Waals surface area contributed by atoms with Gasteiger partial charge in [0.25, 0.3) is 5.69 Å². The first-order valence-corrected chi connectivity index (χ1v) is 10.3. The van der Waals surface area contributed by atoms with Gasteiger partial charge in [-0.25, -0.2) is 0 Å². The maximum absolute atomic E-state index is 12.8. The first kappa shape index (κ1) is 18.5. The molecular weight excluding hydrogens is 486 g/mol. The Balaban J connectivity index is 1.44. The molecule has 6 atom stereocenters. The molecule has 2 saturated carbocycles. The minimum Gasteiger partial charge on any atom is -0.325 e. The van der Waals surface area contributed by atoms with E-state index in [2.05, 4.69) is 37.2 Å². The Morgan fingerprint density at radius 1 is 1.11 bits per heavy atom. The summed E-state index contributed by atoms with van der Waals surface area (Å²) in [5.41, 5.74) is 0.279.